The Balaban J connectivity index is 1.94. The summed E-state index contributed by atoms with van der Waals surface area (Å²) in [6.45, 7) is 0.415. The smallest absolute Gasteiger partial charge is 0.224 e. The van der Waals surface area contributed by atoms with E-state index in [-0.39, 0.29) is 30.0 Å². The van der Waals surface area contributed by atoms with Crippen LogP contribution in [0.15, 0.2) is 48.5 Å². The van der Waals surface area contributed by atoms with Crippen LogP contribution in [0.3, 0.4) is 0 Å². The molecule has 0 spiro atoms. The second kappa shape index (κ2) is 7.83. The molecule has 1 N–H and O–H groups in total. The fourth-order valence-corrected chi connectivity index (χ4v) is 2.34. The lowest BCUT2D eigenvalue weighted by Gasteiger charge is -2.25. The Labute approximate surface area is 134 Å². The topological polar surface area (TPSA) is 32.3 Å². The third kappa shape index (κ3) is 5.14. The summed E-state index contributed by atoms with van der Waals surface area (Å²) < 4.78 is 25.9. The normalized spacial score (nSPS) is 12.2. The highest BCUT2D eigenvalue weighted by molar-refractivity contribution is 5.78. The van der Waals surface area contributed by atoms with Crippen LogP contribution in [0.2, 0.25) is 0 Å². The molecule has 0 fully saturated rings. The summed E-state index contributed by atoms with van der Waals surface area (Å²) >= 11 is 0. The molecular weight excluding hydrogens is 298 g/mol. The molecule has 2 rings (SSSR count). The van der Waals surface area contributed by atoms with Gasteiger partial charge >= 0.3 is 0 Å². The zero-order chi connectivity index (χ0) is 16.8. The molecule has 0 bridgehead atoms. The molecule has 0 saturated heterocycles. The predicted octanol–water partition coefficient (Wildman–Crippen LogP) is 2.93. The minimum absolute atomic E-state index is 0.0484. The van der Waals surface area contributed by atoms with Crippen LogP contribution in [0.25, 0.3) is 0 Å². The van der Waals surface area contributed by atoms with Crippen molar-refractivity contribution in [3.8, 4) is 0 Å². The second-order valence-electron chi connectivity index (χ2n) is 5.64. The molecule has 0 aliphatic carbocycles. The second-order valence-corrected chi connectivity index (χ2v) is 5.64. The first-order chi connectivity index (χ1) is 11.0. The van der Waals surface area contributed by atoms with Crippen molar-refractivity contribution in [1.82, 2.24) is 10.2 Å². The maximum absolute atomic E-state index is 13.0. The molecule has 2 aromatic rings. The number of hydrogen-bond donors (Lipinski definition) is 1. The van der Waals surface area contributed by atoms with E-state index < -0.39 is 0 Å². The lowest BCUT2D eigenvalue weighted by molar-refractivity contribution is -0.120. The SMILES string of the molecule is CN(C)C(CNC(=O)Cc1ccc(F)cc1)c1ccc(F)cc1. The molecule has 0 aliphatic rings. The molecule has 1 amide bonds. The van der Waals surface area contributed by atoms with E-state index in [9.17, 15) is 13.6 Å². The number of nitrogens with zero attached hydrogens (tertiary/aromatic N) is 1. The van der Waals surface area contributed by atoms with Gasteiger partial charge in [0.1, 0.15) is 11.6 Å². The van der Waals surface area contributed by atoms with E-state index in [1.54, 1.807) is 24.3 Å². The fourth-order valence-electron chi connectivity index (χ4n) is 2.34. The quantitative estimate of drug-likeness (QED) is 0.888. The molecule has 3 nitrogen and oxygen atoms in total. The number of carbonyl (C=O) groups is 1. The Morgan fingerprint density at radius 1 is 1.00 bits per heavy atom. The molecule has 0 heterocycles. The highest BCUT2D eigenvalue weighted by Gasteiger charge is 2.15. The molecule has 23 heavy (non-hydrogen) atoms. The van der Waals surface area contributed by atoms with E-state index in [1.807, 2.05) is 19.0 Å². The van der Waals surface area contributed by atoms with Crippen LogP contribution in [0, 0.1) is 11.6 Å². The number of carbonyl (C=O) groups excluding carboxylic acids is 1. The van der Waals surface area contributed by atoms with E-state index in [4.69, 9.17) is 0 Å². The van der Waals surface area contributed by atoms with Gasteiger partial charge in [0.05, 0.1) is 12.5 Å². The molecule has 0 radical (unpaired) electrons. The van der Waals surface area contributed by atoms with Crippen LogP contribution in [-0.4, -0.2) is 31.4 Å². The van der Waals surface area contributed by atoms with Crippen LogP contribution in [0.4, 0.5) is 8.78 Å². The Kier molecular flexibility index (Phi) is 5.82. The largest absolute Gasteiger partial charge is 0.354 e. The molecule has 2 aromatic carbocycles. The van der Waals surface area contributed by atoms with Crippen LogP contribution >= 0.6 is 0 Å². The van der Waals surface area contributed by atoms with Crippen LogP contribution < -0.4 is 5.32 Å². The third-order valence-corrected chi connectivity index (χ3v) is 3.65. The summed E-state index contributed by atoms with van der Waals surface area (Å²) in [6, 6.07) is 12.1. The maximum Gasteiger partial charge on any atom is 0.224 e. The van der Waals surface area contributed by atoms with Crippen molar-refractivity contribution >= 4 is 5.91 Å². The van der Waals surface area contributed by atoms with Crippen molar-refractivity contribution in [1.29, 1.82) is 0 Å². The monoisotopic (exact) mass is 318 g/mol. The highest BCUT2D eigenvalue weighted by Crippen LogP contribution is 2.17. The van der Waals surface area contributed by atoms with E-state index in [1.165, 1.54) is 24.3 Å². The highest BCUT2D eigenvalue weighted by atomic mass is 19.1. The van der Waals surface area contributed by atoms with E-state index in [0.29, 0.717) is 6.54 Å². The number of likely N-dealkylation sites (N-methyl/N-ethyl adjacent to an activating group) is 1. The van der Waals surface area contributed by atoms with Crippen molar-refractivity contribution < 1.29 is 13.6 Å². The van der Waals surface area contributed by atoms with Crippen molar-refractivity contribution in [3.05, 3.63) is 71.3 Å². The van der Waals surface area contributed by atoms with Crippen molar-refractivity contribution in [3.63, 3.8) is 0 Å². The van der Waals surface area contributed by atoms with E-state index >= 15 is 0 Å². The molecule has 0 aromatic heterocycles. The number of halogens is 2. The zero-order valence-electron chi connectivity index (χ0n) is 13.2. The average molecular weight is 318 g/mol. The lowest BCUT2D eigenvalue weighted by Crippen LogP contribution is -2.35. The fraction of sp³-hybridized carbons (Fsp3) is 0.278. The molecule has 0 saturated carbocycles. The van der Waals surface area contributed by atoms with E-state index in [0.717, 1.165) is 11.1 Å². The van der Waals surface area contributed by atoms with Gasteiger partial charge in [-0.1, -0.05) is 24.3 Å². The predicted molar refractivity (Wildman–Crippen MR) is 85.9 cm³/mol. The maximum atomic E-state index is 13.0. The Hall–Kier alpha value is -2.27. The van der Waals surface area contributed by atoms with Crippen LogP contribution in [0.1, 0.15) is 17.2 Å². The summed E-state index contributed by atoms with van der Waals surface area (Å²) in [5, 5.41) is 2.87. The third-order valence-electron chi connectivity index (χ3n) is 3.65. The standard InChI is InChI=1S/C18H20F2N2O/c1-22(2)17(14-5-9-16(20)10-6-14)12-21-18(23)11-13-3-7-15(19)8-4-13/h3-10,17H,11-12H2,1-2H3,(H,21,23). The number of amides is 1. The van der Waals surface area contributed by atoms with Gasteiger partial charge in [-0.25, -0.2) is 8.78 Å². The molecule has 1 unspecified atom stereocenters. The zero-order valence-corrected chi connectivity index (χ0v) is 13.2. The van der Waals surface area contributed by atoms with Gasteiger partial charge in [-0.05, 0) is 49.5 Å². The molecule has 1 atom stereocenters. The minimum atomic E-state index is -0.321. The average Bonchev–Trinajstić information content (AvgIpc) is 2.51. The molecule has 5 heteroatoms. The van der Waals surface area contributed by atoms with Crippen molar-refractivity contribution in [2.45, 2.75) is 12.5 Å². The molecule has 122 valence electrons. The van der Waals surface area contributed by atoms with Gasteiger partial charge in [0, 0.05) is 6.54 Å². The van der Waals surface area contributed by atoms with Gasteiger partial charge in [0.2, 0.25) is 5.91 Å². The Morgan fingerprint density at radius 2 is 1.52 bits per heavy atom. The summed E-state index contributed by atoms with van der Waals surface area (Å²) in [6.07, 6.45) is 0.198. The van der Waals surface area contributed by atoms with Gasteiger partial charge in [-0.3, -0.25) is 4.79 Å². The number of benzene rings is 2. The summed E-state index contributed by atoms with van der Waals surface area (Å²) in [5.41, 5.74) is 1.69. The summed E-state index contributed by atoms with van der Waals surface area (Å²) in [7, 11) is 3.81. The Bertz CT molecular complexity index is 639. The molecular formula is C18H20F2N2O. The minimum Gasteiger partial charge on any atom is -0.354 e. The van der Waals surface area contributed by atoms with Crippen molar-refractivity contribution in [2.24, 2.45) is 0 Å². The number of rotatable bonds is 6. The Morgan fingerprint density at radius 3 is 2.04 bits per heavy atom. The van der Waals surface area contributed by atoms with Gasteiger partial charge < -0.3 is 10.2 Å². The van der Waals surface area contributed by atoms with Gasteiger partial charge in [-0.15, -0.1) is 0 Å². The first-order valence-corrected chi connectivity index (χ1v) is 7.39. The first-order valence-electron chi connectivity index (χ1n) is 7.39. The first kappa shape index (κ1) is 17.1. The van der Waals surface area contributed by atoms with Gasteiger partial charge in [0.15, 0.2) is 0 Å². The number of hydrogen-bond acceptors (Lipinski definition) is 2. The van der Waals surface area contributed by atoms with E-state index in [2.05, 4.69) is 5.32 Å². The van der Waals surface area contributed by atoms with Crippen LogP contribution in [0.5, 0.6) is 0 Å². The van der Waals surface area contributed by atoms with Crippen LogP contribution in [-0.2, 0) is 11.2 Å². The summed E-state index contributed by atoms with van der Waals surface area (Å²) in [4.78, 5) is 14.0. The molecule has 0 aliphatic heterocycles. The summed E-state index contributed by atoms with van der Waals surface area (Å²) in [5.74, 6) is -0.740. The van der Waals surface area contributed by atoms with Crippen molar-refractivity contribution in [2.75, 3.05) is 20.6 Å². The van der Waals surface area contributed by atoms with Gasteiger partial charge in [-0.2, -0.15) is 0 Å². The van der Waals surface area contributed by atoms with Gasteiger partial charge in [0.25, 0.3) is 0 Å². The lowest BCUT2D eigenvalue weighted by atomic mass is 10.1. The number of nitrogens with one attached hydrogen (secondary N) is 1.